The minimum Gasteiger partial charge on any atom is -0.478 e. The Kier molecular flexibility index (Phi) is 39.7. The maximum absolute atomic E-state index is 13.7. The van der Waals surface area contributed by atoms with E-state index in [4.69, 9.17) is 47.4 Å². The molecular formula is C95H127FN10O20. The highest BCUT2D eigenvalue weighted by atomic mass is 19.1. The number of aldehydes is 2. The van der Waals surface area contributed by atoms with Crippen molar-refractivity contribution in [1.29, 1.82) is 0 Å². The van der Waals surface area contributed by atoms with E-state index in [-0.39, 0.29) is 46.7 Å². The molecule has 1 amide bonds. The van der Waals surface area contributed by atoms with Crippen LogP contribution in [0.25, 0.3) is 10.9 Å². The number of carbonyl (C=O) groups excluding carboxylic acids is 6. The van der Waals surface area contributed by atoms with Crippen LogP contribution in [0.4, 0.5) is 32.8 Å². The zero-order chi connectivity index (χ0) is 89.9. The Hall–Kier alpha value is -10.1. The normalized spacial score (nSPS) is 19.5. The number of aromatic amines is 1. The predicted octanol–water partition coefficient (Wildman–Crippen LogP) is 11.0. The summed E-state index contributed by atoms with van der Waals surface area (Å²) in [5.74, 6) is -3.19. The van der Waals surface area contributed by atoms with Crippen molar-refractivity contribution in [3.8, 4) is 0 Å². The molecule has 126 heavy (non-hydrogen) atoms. The highest BCUT2D eigenvalue weighted by Crippen LogP contribution is 2.36. The second-order valence-corrected chi connectivity index (χ2v) is 32.3. The molecule has 8 aliphatic heterocycles. The fourth-order valence-corrected chi connectivity index (χ4v) is 17.4. The molecule has 0 aliphatic carbocycles. The lowest BCUT2D eigenvalue weighted by atomic mass is 10.0. The van der Waals surface area contributed by atoms with E-state index in [0.717, 1.165) is 264 Å². The first-order valence-electron chi connectivity index (χ1n) is 43.6. The van der Waals surface area contributed by atoms with Crippen LogP contribution < -0.4 is 35.8 Å². The van der Waals surface area contributed by atoms with Crippen LogP contribution in [0, 0.1) is 12.7 Å². The summed E-state index contributed by atoms with van der Waals surface area (Å²) in [5.41, 5.74) is 11.6. The summed E-state index contributed by atoms with van der Waals surface area (Å²) < 4.78 is 69.7. The molecule has 9 heterocycles. The van der Waals surface area contributed by atoms with Gasteiger partial charge in [0.25, 0.3) is 5.91 Å². The highest BCUT2D eigenvalue weighted by Gasteiger charge is 2.34. The van der Waals surface area contributed by atoms with Gasteiger partial charge in [0.1, 0.15) is 18.4 Å². The van der Waals surface area contributed by atoms with E-state index in [0.29, 0.717) is 78.3 Å². The maximum atomic E-state index is 13.7. The summed E-state index contributed by atoms with van der Waals surface area (Å²) in [6.07, 6.45) is 12.4. The average Bonchev–Trinajstić information content (AvgIpc) is 1.00. The summed E-state index contributed by atoms with van der Waals surface area (Å²) in [7, 11) is 12.5. The van der Waals surface area contributed by atoms with Crippen LogP contribution in [0.15, 0.2) is 120 Å². The van der Waals surface area contributed by atoms with Crippen molar-refractivity contribution in [2.45, 2.75) is 121 Å². The number of anilines is 5. The molecule has 0 radical (unpaired) electrons. The largest absolute Gasteiger partial charge is 0.478 e. The van der Waals surface area contributed by atoms with Crippen molar-refractivity contribution in [3.05, 3.63) is 193 Å². The molecule has 6 aromatic carbocycles. The standard InChI is InChI=1S/C28H34N4O4.C19H28N2O4.C18H26N2O4.C15H19NO4.C9H7FO3.C6H13NO/c1-19-14-27(33)30-25-7-6-21(16-23(19)25)29-28(34)24-15-20(17-31-10-12-36-13-11-31)5-8-26(24)32-9-3-4-22(32)18-35-2;1-23-14-16-4-3-7-21(16)18-6-5-15(12-17(18)19(22)24-2)13-20-8-10-25-11-9-20;1-23-13-15-3-2-6-20(15)17-5-4-14(11-16(17)18(21)22)12-19-7-9-24-10-8-19;1-19-10-12-4-3-7-16(12)14-6-5-11(9-17)8-13(14)15(18)20-2;1-13-9(12)7-4-6(5-11)2-3-8(7)10;1-8-5-6-3-2-4-7-6/h5-8,14-16,22H,3-4,9-13,17-18H2,1-2H3,(H,29,34)(H,30,33);5-6,12,16H,3-4,7-11,13-14H2,1-2H3;4-5,11,15H,2-3,6-10,12-13H2,1H3,(H,21,22);5-6,8-9,12H,3-4,7,10H2,1-2H3;2-5H,1H3;6-7H,2-5H2,1H3. The Morgan fingerprint density at radius 3 is 1.23 bits per heavy atom. The number of esters is 3. The second kappa shape index (κ2) is 51.0. The van der Waals surface area contributed by atoms with Crippen molar-refractivity contribution >= 4 is 81.7 Å². The number of aromatic carboxylic acids is 1. The van der Waals surface area contributed by atoms with Crippen molar-refractivity contribution in [3.63, 3.8) is 0 Å². The number of amides is 1. The van der Waals surface area contributed by atoms with E-state index < -0.39 is 23.7 Å². The van der Waals surface area contributed by atoms with Crippen molar-refractivity contribution < 1.29 is 95.2 Å². The van der Waals surface area contributed by atoms with Gasteiger partial charge in [0.05, 0.1) is 163 Å². The monoisotopic (exact) mass is 1750 g/mol. The summed E-state index contributed by atoms with van der Waals surface area (Å²) in [4.78, 5) is 113. The van der Waals surface area contributed by atoms with Crippen molar-refractivity contribution in [2.75, 3.05) is 226 Å². The maximum Gasteiger partial charge on any atom is 0.340 e. The number of benzene rings is 6. The third kappa shape index (κ3) is 27.9. The lowest BCUT2D eigenvalue weighted by molar-refractivity contribution is 0.0341. The van der Waals surface area contributed by atoms with Crippen LogP contribution in [0.1, 0.15) is 159 Å². The third-order valence-electron chi connectivity index (χ3n) is 23.7. The number of H-pyrrole nitrogens is 1. The van der Waals surface area contributed by atoms with Crippen LogP contribution in [-0.2, 0) is 71.7 Å². The number of fused-ring (bicyclic) bond motifs is 1. The average molecular weight is 1750 g/mol. The smallest absolute Gasteiger partial charge is 0.340 e. The number of carboxylic acid groups (broad SMARTS) is 1. The molecule has 31 heteroatoms. The zero-order valence-corrected chi connectivity index (χ0v) is 74.5. The van der Waals surface area contributed by atoms with Gasteiger partial charge in [-0.2, -0.15) is 0 Å². The van der Waals surface area contributed by atoms with Gasteiger partial charge in [0, 0.05) is 166 Å². The molecule has 5 unspecified atom stereocenters. The molecule has 0 bridgehead atoms. The summed E-state index contributed by atoms with van der Waals surface area (Å²) in [6, 6.07) is 35.8. The molecule has 4 N–H and O–H groups in total. The van der Waals surface area contributed by atoms with Gasteiger partial charge in [0.2, 0.25) is 5.56 Å². The number of rotatable bonds is 28. The molecule has 15 rings (SSSR count). The number of aryl methyl sites for hydroxylation is 1. The number of methoxy groups -OCH3 is 8. The summed E-state index contributed by atoms with van der Waals surface area (Å²) in [5, 5.41) is 17.0. The SMILES string of the molecule is COC(=O)c1cc(C=O)ccc1F.COCC1CCCN1.COCC1CCCN1c1ccc(C=O)cc1C(=O)OC.COCC1CCCN1c1ccc(CN2CCOCC2)cc1C(=O)Nc1ccc2[nH]c(=O)cc(C)c2c1.COCC1CCCN1c1ccc(CN2CCOCC2)cc1C(=O)O.COCC1CCCN1c1ccc(CN2CCOCC2)cc1C(=O)OC. The van der Waals surface area contributed by atoms with Crippen LogP contribution >= 0.6 is 0 Å². The number of carbonyl (C=O) groups is 7. The first-order chi connectivity index (χ1) is 61.2. The molecule has 0 spiro atoms. The molecule has 8 aliphatic rings. The minimum absolute atomic E-state index is 0.130. The minimum atomic E-state index is -0.864. The number of carboxylic acids is 1. The van der Waals surface area contributed by atoms with Crippen LogP contribution in [-0.4, -0.2) is 299 Å². The van der Waals surface area contributed by atoms with E-state index in [2.05, 4.69) is 85.0 Å². The van der Waals surface area contributed by atoms with Gasteiger partial charge in [-0.1, -0.05) is 18.2 Å². The second-order valence-electron chi connectivity index (χ2n) is 32.3. The van der Waals surface area contributed by atoms with Crippen molar-refractivity contribution in [1.82, 2.24) is 25.0 Å². The summed E-state index contributed by atoms with van der Waals surface area (Å²) >= 11 is 0. The third-order valence-corrected chi connectivity index (χ3v) is 23.7. The number of ether oxygens (including phenoxy) is 11. The number of hydrogen-bond acceptors (Lipinski definition) is 27. The first-order valence-corrected chi connectivity index (χ1v) is 43.6. The molecule has 8 fully saturated rings. The van der Waals surface area contributed by atoms with E-state index in [1.165, 1.54) is 39.7 Å². The fraction of sp³-hybridized carbons (Fsp3) is 0.516. The summed E-state index contributed by atoms with van der Waals surface area (Å²) in [6.45, 7) is 22.5. The van der Waals surface area contributed by atoms with Crippen molar-refractivity contribution in [2.24, 2.45) is 0 Å². The van der Waals surface area contributed by atoms with E-state index >= 15 is 0 Å². The Morgan fingerprint density at radius 1 is 0.444 bits per heavy atom. The molecular weight excluding hydrogens is 1620 g/mol. The molecule has 684 valence electrons. The molecule has 1 aromatic heterocycles. The van der Waals surface area contributed by atoms with Gasteiger partial charge in [-0.15, -0.1) is 0 Å². The lowest BCUT2D eigenvalue weighted by Gasteiger charge is -2.30. The van der Waals surface area contributed by atoms with Crippen LogP contribution in [0.5, 0.6) is 0 Å². The van der Waals surface area contributed by atoms with Gasteiger partial charge in [-0.05, 0) is 191 Å². The molecule has 8 saturated heterocycles. The molecule has 30 nitrogen and oxygen atoms in total. The Labute approximate surface area is 738 Å². The number of pyridine rings is 1. The van der Waals surface area contributed by atoms with Gasteiger partial charge >= 0.3 is 23.9 Å². The van der Waals surface area contributed by atoms with Crippen LogP contribution in [0.3, 0.4) is 0 Å². The number of hydrogen-bond donors (Lipinski definition) is 4. The number of aromatic nitrogens is 1. The predicted molar refractivity (Wildman–Crippen MR) is 481 cm³/mol. The molecule has 0 saturated carbocycles. The number of halogens is 1. The number of nitrogens with one attached hydrogen (secondary N) is 3. The Morgan fingerprint density at radius 2 is 0.825 bits per heavy atom. The van der Waals surface area contributed by atoms with E-state index in [1.54, 1.807) is 53.7 Å². The highest BCUT2D eigenvalue weighted by molar-refractivity contribution is 6.09. The van der Waals surface area contributed by atoms with Gasteiger partial charge in [-0.3, -0.25) is 33.9 Å². The Bertz CT molecular complexity index is 4740. The van der Waals surface area contributed by atoms with E-state index in [9.17, 15) is 47.9 Å². The topological polar surface area (TPSA) is 321 Å². The fourth-order valence-electron chi connectivity index (χ4n) is 17.4. The molecule has 5 atom stereocenters. The quantitative estimate of drug-likeness (QED) is 0.0201. The van der Waals surface area contributed by atoms with Crippen LogP contribution in [0.2, 0.25) is 0 Å². The zero-order valence-electron chi connectivity index (χ0n) is 74.5. The first kappa shape index (κ1) is 98.1. The van der Waals surface area contributed by atoms with Gasteiger partial charge < -0.3 is 92.4 Å². The number of morpholine rings is 3. The molecule has 7 aromatic rings. The Balaban J connectivity index is 0.000000165. The van der Waals surface area contributed by atoms with Gasteiger partial charge in [-0.25, -0.2) is 23.6 Å². The lowest BCUT2D eigenvalue weighted by Crippen LogP contribution is -2.36. The van der Waals surface area contributed by atoms with E-state index in [1.807, 2.05) is 55.5 Å². The number of nitrogens with zero attached hydrogens (tertiary/aromatic N) is 7. The van der Waals surface area contributed by atoms with Gasteiger partial charge in [0.15, 0.2) is 0 Å².